The molecule has 3 rings (SSSR count). The van der Waals surface area contributed by atoms with Crippen LogP contribution in [-0.4, -0.2) is 54.6 Å². The maximum atomic E-state index is 12.9. The second kappa shape index (κ2) is 6.54. The second-order valence-electron chi connectivity index (χ2n) is 6.05. The molecule has 0 aromatic carbocycles. The summed E-state index contributed by atoms with van der Waals surface area (Å²) in [4.78, 5) is 15.0. The summed E-state index contributed by atoms with van der Waals surface area (Å²) in [7, 11) is -3.78. The first kappa shape index (κ1) is 16.4. The number of sulfonamides is 1. The number of rotatable bonds is 6. The van der Waals surface area contributed by atoms with Gasteiger partial charge < -0.3 is 9.84 Å². The van der Waals surface area contributed by atoms with Crippen molar-refractivity contribution in [3.05, 3.63) is 23.9 Å². The number of pyridine rings is 1. The summed E-state index contributed by atoms with van der Waals surface area (Å²) in [5, 5.41) is 8.86. The number of carbonyl (C=O) groups is 1. The van der Waals surface area contributed by atoms with E-state index in [2.05, 4.69) is 4.98 Å². The Labute approximate surface area is 135 Å². The van der Waals surface area contributed by atoms with Gasteiger partial charge in [0.1, 0.15) is 0 Å². The van der Waals surface area contributed by atoms with E-state index in [0.717, 1.165) is 31.7 Å². The highest BCUT2D eigenvalue weighted by molar-refractivity contribution is 7.89. The first-order chi connectivity index (χ1) is 11.0. The molecular weight excluding hydrogens is 320 g/mol. The van der Waals surface area contributed by atoms with Crippen LogP contribution >= 0.6 is 0 Å². The molecule has 8 heteroatoms. The molecule has 126 valence electrons. The van der Waals surface area contributed by atoms with E-state index in [-0.39, 0.29) is 22.5 Å². The number of hydrogen-bond donors (Lipinski definition) is 1. The molecule has 1 aliphatic heterocycles. The number of carboxylic acids is 1. The van der Waals surface area contributed by atoms with Gasteiger partial charge in [-0.3, -0.25) is 0 Å². The lowest BCUT2D eigenvalue weighted by atomic mass is 10.0. The molecule has 1 aromatic heterocycles. The molecule has 2 heterocycles. The first-order valence-electron chi connectivity index (χ1n) is 7.77. The summed E-state index contributed by atoms with van der Waals surface area (Å²) < 4.78 is 32.6. The van der Waals surface area contributed by atoms with Crippen molar-refractivity contribution in [1.29, 1.82) is 0 Å². The molecule has 0 spiro atoms. The Hall–Kier alpha value is -1.51. The average Bonchev–Trinajstić information content (AvgIpc) is 3.38. The molecule has 0 bridgehead atoms. The third-order valence-electron chi connectivity index (χ3n) is 4.29. The molecule has 0 unspecified atom stereocenters. The van der Waals surface area contributed by atoms with E-state index in [1.54, 1.807) is 0 Å². The van der Waals surface area contributed by atoms with E-state index in [1.165, 1.54) is 16.6 Å². The van der Waals surface area contributed by atoms with Crippen molar-refractivity contribution in [2.24, 2.45) is 5.92 Å². The van der Waals surface area contributed by atoms with Crippen LogP contribution in [0.4, 0.5) is 0 Å². The molecular formula is C15H20N2O5S. The first-order valence-corrected chi connectivity index (χ1v) is 9.21. The predicted octanol–water partition coefficient (Wildman–Crippen LogP) is 1.36. The Kier molecular flexibility index (Phi) is 4.65. The molecule has 1 aliphatic carbocycles. The predicted molar refractivity (Wildman–Crippen MR) is 81.7 cm³/mol. The van der Waals surface area contributed by atoms with E-state index < -0.39 is 16.0 Å². The van der Waals surface area contributed by atoms with Gasteiger partial charge in [-0.2, -0.15) is 4.31 Å². The summed E-state index contributed by atoms with van der Waals surface area (Å²) in [6.07, 6.45) is 4.63. The number of hydrogen-bond acceptors (Lipinski definition) is 5. The molecule has 2 fully saturated rings. The van der Waals surface area contributed by atoms with Gasteiger partial charge in [-0.1, -0.05) is 0 Å². The molecule has 1 aromatic rings. The van der Waals surface area contributed by atoms with Gasteiger partial charge in [0, 0.05) is 32.0 Å². The van der Waals surface area contributed by atoms with E-state index in [1.807, 2.05) is 0 Å². The van der Waals surface area contributed by atoms with Crippen LogP contribution in [0, 0.1) is 5.92 Å². The SMILES string of the molecule is O=C(O)c1ccnc(S(=O)(=O)N(CC2CCOCC2)C2CC2)c1. The van der Waals surface area contributed by atoms with Gasteiger partial charge in [-0.05, 0) is 43.7 Å². The van der Waals surface area contributed by atoms with Crippen molar-refractivity contribution >= 4 is 16.0 Å². The van der Waals surface area contributed by atoms with E-state index in [0.29, 0.717) is 19.8 Å². The Morgan fingerprint density at radius 2 is 2.00 bits per heavy atom. The van der Waals surface area contributed by atoms with Gasteiger partial charge in [0.15, 0.2) is 5.03 Å². The van der Waals surface area contributed by atoms with Gasteiger partial charge in [0.05, 0.1) is 5.56 Å². The number of nitrogens with zero attached hydrogens (tertiary/aromatic N) is 2. The highest BCUT2D eigenvalue weighted by atomic mass is 32.2. The molecule has 1 saturated carbocycles. The van der Waals surface area contributed by atoms with Crippen molar-refractivity contribution in [3.8, 4) is 0 Å². The van der Waals surface area contributed by atoms with E-state index >= 15 is 0 Å². The zero-order chi connectivity index (χ0) is 16.4. The van der Waals surface area contributed by atoms with Crippen molar-refractivity contribution in [1.82, 2.24) is 9.29 Å². The summed E-state index contributed by atoms with van der Waals surface area (Å²) >= 11 is 0. The average molecular weight is 340 g/mol. The molecule has 0 radical (unpaired) electrons. The summed E-state index contributed by atoms with van der Waals surface area (Å²) in [5.41, 5.74) is -0.0691. The van der Waals surface area contributed by atoms with Crippen LogP contribution < -0.4 is 0 Å². The van der Waals surface area contributed by atoms with Gasteiger partial charge in [-0.15, -0.1) is 0 Å². The minimum absolute atomic E-state index is 0.0122. The fourth-order valence-electron chi connectivity index (χ4n) is 2.79. The molecule has 2 aliphatic rings. The van der Waals surface area contributed by atoms with Crippen LogP contribution in [0.5, 0.6) is 0 Å². The fraction of sp³-hybridized carbons (Fsp3) is 0.600. The molecule has 7 nitrogen and oxygen atoms in total. The van der Waals surface area contributed by atoms with Gasteiger partial charge in [0.25, 0.3) is 10.0 Å². The smallest absolute Gasteiger partial charge is 0.335 e. The number of carboxylic acid groups (broad SMARTS) is 1. The molecule has 0 amide bonds. The van der Waals surface area contributed by atoms with Gasteiger partial charge >= 0.3 is 5.97 Å². The fourth-order valence-corrected chi connectivity index (χ4v) is 4.51. The Bertz CT molecular complexity index is 681. The summed E-state index contributed by atoms with van der Waals surface area (Å²) in [6, 6.07) is 2.44. The third-order valence-corrected chi connectivity index (χ3v) is 6.10. The van der Waals surface area contributed by atoms with Crippen molar-refractivity contribution in [2.75, 3.05) is 19.8 Å². The van der Waals surface area contributed by atoms with E-state index in [9.17, 15) is 13.2 Å². The molecule has 1 N–H and O–H groups in total. The maximum absolute atomic E-state index is 12.9. The minimum atomic E-state index is -3.78. The lowest BCUT2D eigenvalue weighted by molar-refractivity contribution is 0.0600. The van der Waals surface area contributed by atoms with Gasteiger partial charge in [-0.25, -0.2) is 18.2 Å². The topological polar surface area (TPSA) is 96.8 Å². The second-order valence-corrected chi connectivity index (χ2v) is 7.89. The zero-order valence-corrected chi connectivity index (χ0v) is 13.5. The summed E-state index contributed by atoms with van der Waals surface area (Å²) in [6.45, 7) is 1.78. The number of aromatic carboxylic acids is 1. The highest BCUT2D eigenvalue weighted by Gasteiger charge is 2.40. The monoisotopic (exact) mass is 340 g/mol. The van der Waals surface area contributed by atoms with E-state index in [4.69, 9.17) is 9.84 Å². The Morgan fingerprint density at radius 3 is 2.61 bits per heavy atom. The van der Waals surface area contributed by atoms with Crippen LogP contribution in [0.3, 0.4) is 0 Å². The molecule has 0 atom stereocenters. The maximum Gasteiger partial charge on any atom is 0.335 e. The summed E-state index contributed by atoms with van der Waals surface area (Å²) in [5.74, 6) is -0.881. The standard InChI is InChI=1S/C15H20N2O5S/c18-15(19)12-3-6-16-14(9-12)23(20,21)17(13-1-2-13)10-11-4-7-22-8-5-11/h3,6,9,11,13H,1-2,4-5,7-8,10H2,(H,18,19). The lowest BCUT2D eigenvalue weighted by Gasteiger charge is -2.29. The van der Waals surface area contributed by atoms with Crippen molar-refractivity contribution in [2.45, 2.75) is 36.8 Å². The molecule has 1 saturated heterocycles. The third kappa shape index (κ3) is 3.70. The minimum Gasteiger partial charge on any atom is -0.478 e. The number of ether oxygens (including phenoxy) is 1. The van der Waals surface area contributed by atoms with Crippen LogP contribution in [-0.2, 0) is 14.8 Å². The van der Waals surface area contributed by atoms with Crippen LogP contribution in [0.15, 0.2) is 23.4 Å². The van der Waals surface area contributed by atoms with Crippen molar-refractivity contribution < 1.29 is 23.1 Å². The van der Waals surface area contributed by atoms with Crippen LogP contribution in [0.2, 0.25) is 0 Å². The normalized spacial score (nSPS) is 19.9. The van der Waals surface area contributed by atoms with Crippen LogP contribution in [0.25, 0.3) is 0 Å². The Balaban J connectivity index is 1.85. The highest BCUT2D eigenvalue weighted by Crippen LogP contribution is 2.33. The lowest BCUT2D eigenvalue weighted by Crippen LogP contribution is -2.39. The van der Waals surface area contributed by atoms with Crippen molar-refractivity contribution in [3.63, 3.8) is 0 Å². The Morgan fingerprint density at radius 1 is 1.30 bits per heavy atom. The molecule has 23 heavy (non-hydrogen) atoms. The van der Waals surface area contributed by atoms with Gasteiger partial charge in [0.2, 0.25) is 0 Å². The zero-order valence-electron chi connectivity index (χ0n) is 12.7. The largest absolute Gasteiger partial charge is 0.478 e. The quantitative estimate of drug-likeness (QED) is 0.840. The number of aromatic nitrogens is 1. The van der Waals surface area contributed by atoms with Crippen LogP contribution in [0.1, 0.15) is 36.0 Å².